The number of rotatable bonds is 1. The zero-order chi connectivity index (χ0) is 9.52. The molecule has 1 saturated carbocycles. The Morgan fingerprint density at radius 2 is 2.23 bits per heavy atom. The van der Waals surface area contributed by atoms with Crippen molar-refractivity contribution in [3.63, 3.8) is 0 Å². The van der Waals surface area contributed by atoms with Crippen molar-refractivity contribution in [1.82, 2.24) is 0 Å². The molecular formula is C11H15O2. The number of ether oxygens (including phenoxy) is 1. The van der Waals surface area contributed by atoms with Crippen molar-refractivity contribution in [2.45, 2.75) is 32.1 Å². The molecule has 1 rings (SSSR count). The van der Waals surface area contributed by atoms with Gasteiger partial charge in [0.1, 0.15) is 6.42 Å². The Kier molecular flexibility index (Phi) is 4.39. The second kappa shape index (κ2) is 5.64. The summed E-state index contributed by atoms with van der Waals surface area (Å²) in [7, 11) is 1.39. The topological polar surface area (TPSA) is 26.3 Å². The van der Waals surface area contributed by atoms with E-state index in [2.05, 4.69) is 23.0 Å². The molecule has 0 heterocycles. The van der Waals surface area contributed by atoms with Gasteiger partial charge in [-0.25, -0.2) is 0 Å². The number of carbonyl (C=O) groups is 1. The number of methoxy groups -OCH3 is 1. The summed E-state index contributed by atoms with van der Waals surface area (Å²) in [5.74, 6) is 6.24. The van der Waals surface area contributed by atoms with Crippen molar-refractivity contribution in [3.05, 3.63) is 6.42 Å². The van der Waals surface area contributed by atoms with Gasteiger partial charge in [-0.05, 0) is 32.1 Å². The summed E-state index contributed by atoms with van der Waals surface area (Å²) < 4.78 is 4.49. The van der Waals surface area contributed by atoms with Crippen molar-refractivity contribution in [2.24, 2.45) is 5.92 Å². The molecule has 2 heteroatoms. The van der Waals surface area contributed by atoms with Gasteiger partial charge in [0.25, 0.3) is 0 Å². The van der Waals surface area contributed by atoms with E-state index < -0.39 is 0 Å². The Morgan fingerprint density at radius 3 is 2.85 bits per heavy atom. The lowest BCUT2D eigenvalue weighted by molar-refractivity contribution is -0.139. The number of hydrogen-bond donors (Lipinski definition) is 0. The molecule has 13 heavy (non-hydrogen) atoms. The van der Waals surface area contributed by atoms with Gasteiger partial charge in [-0.3, -0.25) is 4.79 Å². The zero-order valence-electron chi connectivity index (χ0n) is 8.01. The van der Waals surface area contributed by atoms with Gasteiger partial charge in [-0.2, -0.15) is 0 Å². The molecule has 0 aliphatic heterocycles. The van der Waals surface area contributed by atoms with Crippen molar-refractivity contribution < 1.29 is 9.53 Å². The summed E-state index contributed by atoms with van der Waals surface area (Å²) in [6.07, 6.45) is 7.16. The normalized spacial score (nSPS) is 17.3. The van der Waals surface area contributed by atoms with Gasteiger partial charge in [-0.15, -0.1) is 0 Å². The quantitative estimate of drug-likeness (QED) is 0.454. The molecule has 71 valence electrons. The molecule has 0 spiro atoms. The van der Waals surface area contributed by atoms with E-state index in [4.69, 9.17) is 0 Å². The molecule has 0 atom stereocenters. The van der Waals surface area contributed by atoms with Crippen LogP contribution in [0.1, 0.15) is 32.1 Å². The summed E-state index contributed by atoms with van der Waals surface area (Å²) >= 11 is 0. The minimum atomic E-state index is -0.241. The molecule has 1 aliphatic carbocycles. The van der Waals surface area contributed by atoms with E-state index >= 15 is 0 Å². The van der Waals surface area contributed by atoms with Crippen LogP contribution >= 0.6 is 0 Å². The van der Waals surface area contributed by atoms with Gasteiger partial charge in [-0.1, -0.05) is 11.8 Å². The molecule has 0 aromatic rings. The Balaban J connectivity index is 2.24. The SMILES string of the molecule is COC(=O)CC#CC1CC[CH]CC1. The largest absolute Gasteiger partial charge is 0.468 e. The first-order valence-corrected chi connectivity index (χ1v) is 4.70. The first-order valence-electron chi connectivity index (χ1n) is 4.70. The maximum atomic E-state index is 10.7. The van der Waals surface area contributed by atoms with Gasteiger partial charge < -0.3 is 4.74 Å². The molecule has 0 N–H and O–H groups in total. The molecule has 0 aromatic heterocycles. The predicted octanol–water partition coefficient (Wildman–Crippen LogP) is 1.95. The first kappa shape index (κ1) is 10.1. The highest BCUT2D eigenvalue weighted by atomic mass is 16.5. The number of esters is 1. The number of hydrogen-bond acceptors (Lipinski definition) is 2. The number of carbonyl (C=O) groups excluding carboxylic acids is 1. The van der Waals surface area contributed by atoms with Gasteiger partial charge >= 0.3 is 5.97 Å². The minimum absolute atomic E-state index is 0.233. The monoisotopic (exact) mass is 179 g/mol. The van der Waals surface area contributed by atoms with E-state index in [0.717, 1.165) is 25.7 Å². The minimum Gasteiger partial charge on any atom is -0.468 e. The Bertz CT molecular complexity index is 216. The average Bonchev–Trinajstić information content (AvgIpc) is 2.19. The lowest BCUT2D eigenvalue weighted by Gasteiger charge is -2.15. The van der Waals surface area contributed by atoms with Crippen LogP contribution in [0.4, 0.5) is 0 Å². The van der Waals surface area contributed by atoms with Gasteiger partial charge in [0.15, 0.2) is 0 Å². The molecule has 0 bridgehead atoms. The van der Waals surface area contributed by atoms with E-state index in [9.17, 15) is 4.79 Å². The maximum absolute atomic E-state index is 10.7. The van der Waals surface area contributed by atoms with E-state index in [0.29, 0.717) is 5.92 Å². The molecule has 1 radical (unpaired) electrons. The lowest BCUT2D eigenvalue weighted by Crippen LogP contribution is -2.04. The third-order valence-corrected chi connectivity index (χ3v) is 2.21. The van der Waals surface area contributed by atoms with Crippen LogP contribution in [0.2, 0.25) is 0 Å². The standard InChI is InChI=1S/C11H15O2/c1-13-11(12)9-5-8-10-6-3-2-4-7-10/h2,10H,3-4,6-7,9H2,1H3. The fourth-order valence-electron chi connectivity index (χ4n) is 1.41. The van der Waals surface area contributed by atoms with Crippen molar-refractivity contribution >= 4 is 5.97 Å². The highest BCUT2D eigenvalue weighted by Crippen LogP contribution is 2.21. The third kappa shape index (κ3) is 3.98. The lowest BCUT2D eigenvalue weighted by atomic mass is 9.90. The van der Waals surface area contributed by atoms with E-state index in [1.54, 1.807) is 0 Å². The van der Waals surface area contributed by atoms with Crippen LogP contribution in [0.25, 0.3) is 0 Å². The third-order valence-electron chi connectivity index (χ3n) is 2.21. The van der Waals surface area contributed by atoms with Crippen LogP contribution in [0.5, 0.6) is 0 Å². The second-order valence-electron chi connectivity index (χ2n) is 3.21. The molecule has 1 fully saturated rings. The molecule has 0 amide bonds. The van der Waals surface area contributed by atoms with Crippen molar-refractivity contribution in [1.29, 1.82) is 0 Å². The molecule has 0 saturated heterocycles. The molecule has 0 unspecified atom stereocenters. The molecular weight excluding hydrogens is 164 g/mol. The van der Waals surface area contributed by atoms with Crippen molar-refractivity contribution in [2.75, 3.05) is 7.11 Å². The van der Waals surface area contributed by atoms with Gasteiger partial charge in [0, 0.05) is 5.92 Å². The summed E-state index contributed by atoms with van der Waals surface area (Å²) in [6, 6.07) is 0. The van der Waals surface area contributed by atoms with Gasteiger partial charge in [0.2, 0.25) is 0 Å². The van der Waals surface area contributed by atoms with E-state index in [1.807, 2.05) is 0 Å². The predicted molar refractivity (Wildman–Crippen MR) is 50.7 cm³/mol. The van der Waals surface area contributed by atoms with E-state index in [1.165, 1.54) is 7.11 Å². The van der Waals surface area contributed by atoms with Crippen LogP contribution < -0.4 is 0 Å². The van der Waals surface area contributed by atoms with Crippen molar-refractivity contribution in [3.8, 4) is 11.8 Å². The van der Waals surface area contributed by atoms with Gasteiger partial charge in [0.05, 0.1) is 7.11 Å². The average molecular weight is 179 g/mol. The molecule has 2 nitrogen and oxygen atoms in total. The molecule has 1 aliphatic rings. The summed E-state index contributed by atoms with van der Waals surface area (Å²) in [4.78, 5) is 10.7. The first-order chi connectivity index (χ1) is 6.33. The van der Waals surface area contributed by atoms with Crippen LogP contribution in [0.3, 0.4) is 0 Å². The zero-order valence-corrected chi connectivity index (χ0v) is 8.01. The Morgan fingerprint density at radius 1 is 1.54 bits per heavy atom. The second-order valence-corrected chi connectivity index (χ2v) is 3.21. The van der Waals surface area contributed by atoms with Crippen LogP contribution in [-0.4, -0.2) is 13.1 Å². The van der Waals surface area contributed by atoms with E-state index in [-0.39, 0.29) is 12.4 Å². The highest BCUT2D eigenvalue weighted by Gasteiger charge is 2.09. The van der Waals surface area contributed by atoms with Crippen LogP contribution in [0, 0.1) is 24.2 Å². The summed E-state index contributed by atoms with van der Waals surface area (Å²) in [5.41, 5.74) is 0. The molecule has 0 aromatic carbocycles. The fraction of sp³-hybridized carbons (Fsp3) is 0.636. The Labute approximate surface area is 79.7 Å². The van der Waals surface area contributed by atoms with Crippen LogP contribution in [0.15, 0.2) is 0 Å². The maximum Gasteiger partial charge on any atom is 0.317 e. The fourth-order valence-corrected chi connectivity index (χ4v) is 1.41. The Hall–Kier alpha value is -0.970. The highest BCUT2D eigenvalue weighted by molar-refractivity contribution is 5.72. The van der Waals surface area contributed by atoms with Crippen LogP contribution in [-0.2, 0) is 9.53 Å². The summed E-state index contributed by atoms with van der Waals surface area (Å²) in [6.45, 7) is 0. The smallest absolute Gasteiger partial charge is 0.317 e. The summed E-state index contributed by atoms with van der Waals surface area (Å²) in [5, 5.41) is 0.